The molecule has 2 amide bonds. The largest absolute Gasteiger partial charge is 0.352 e. The highest BCUT2D eigenvalue weighted by Crippen LogP contribution is 2.17. The monoisotopic (exact) mass is 458 g/mol. The molecule has 2 aromatic rings. The van der Waals surface area contributed by atoms with Crippen molar-refractivity contribution in [3.05, 3.63) is 69.2 Å². The van der Waals surface area contributed by atoms with E-state index in [1.807, 2.05) is 57.2 Å². The molecular formula is C24H31BrN2O2. The molecule has 0 heterocycles. The smallest absolute Gasteiger partial charge is 0.242 e. The molecule has 0 aliphatic rings. The summed E-state index contributed by atoms with van der Waals surface area (Å²) >= 11 is 3.48. The average molecular weight is 459 g/mol. The maximum absolute atomic E-state index is 13.2. The first-order valence-electron chi connectivity index (χ1n) is 10.1. The first-order chi connectivity index (χ1) is 13.7. The van der Waals surface area contributed by atoms with E-state index in [9.17, 15) is 9.59 Å². The van der Waals surface area contributed by atoms with E-state index in [0.29, 0.717) is 6.54 Å². The average Bonchev–Trinajstić information content (AvgIpc) is 2.68. The van der Waals surface area contributed by atoms with Crippen LogP contribution in [0.1, 0.15) is 49.4 Å². The minimum Gasteiger partial charge on any atom is -0.352 e. The molecule has 0 saturated heterocycles. The van der Waals surface area contributed by atoms with E-state index in [4.69, 9.17) is 0 Å². The lowest BCUT2D eigenvalue weighted by atomic mass is 10.0. The molecule has 2 aromatic carbocycles. The standard InChI is InChI=1S/C24H31BrN2O2/c1-6-18(4)26-24(29)19(5)27(15-21-8-7-9-22(25)13-21)23(28)14-20-11-10-16(2)17(3)12-20/h7-13,18-19H,6,14-15H2,1-5H3,(H,26,29). The van der Waals surface area contributed by atoms with Crippen LogP contribution in [0.15, 0.2) is 46.9 Å². The summed E-state index contributed by atoms with van der Waals surface area (Å²) in [6.07, 6.45) is 1.12. The Kier molecular flexibility index (Phi) is 8.45. The second kappa shape index (κ2) is 10.6. The second-order valence-corrected chi connectivity index (χ2v) is 8.66. The highest BCUT2D eigenvalue weighted by atomic mass is 79.9. The minimum absolute atomic E-state index is 0.0555. The van der Waals surface area contributed by atoms with Gasteiger partial charge in [-0.3, -0.25) is 9.59 Å². The first kappa shape index (κ1) is 23.1. The molecule has 2 rings (SSSR count). The first-order valence-corrected chi connectivity index (χ1v) is 10.9. The number of nitrogens with one attached hydrogen (secondary N) is 1. The summed E-state index contributed by atoms with van der Waals surface area (Å²) in [6.45, 7) is 10.3. The van der Waals surface area contributed by atoms with Crippen molar-refractivity contribution in [1.29, 1.82) is 0 Å². The van der Waals surface area contributed by atoms with Crippen LogP contribution in [-0.2, 0) is 22.6 Å². The Hall–Kier alpha value is -2.14. The Morgan fingerprint density at radius 2 is 1.76 bits per heavy atom. The van der Waals surface area contributed by atoms with Gasteiger partial charge in [0.15, 0.2) is 0 Å². The number of amides is 2. The molecule has 29 heavy (non-hydrogen) atoms. The minimum atomic E-state index is -0.554. The molecule has 0 saturated carbocycles. The summed E-state index contributed by atoms with van der Waals surface area (Å²) in [7, 11) is 0. The number of rotatable bonds is 8. The zero-order chi connectivity index (χ0) is 21.6. The van der Waals surface area contributed by atoms with Crippen LogP contribution in [0.5, 0.6) is 0 Å². The maximum atomic E-state index is 13.2. The molecule has 0 spiro atoms. The van der Waals surface area contributed by atoms with E-state index < -0.39 is 6.04 Å². The van der Waals surface area contributed by atoms with Gasteiger partial charge in [-0.2, -0.15) is 0 Å². The quantitative estimate of drug-likeness (QED) is 0.608. The van der Waals surface area contributed by atoms with Crippen molar-refractivity contribution >= 4 is 27.7 Å². The maximum Gasteiger partial charge on any atom is 0.242 e. The van der Waals surface area contributed by atoms with Gasteiger partial charge in [0.25, 0.3) is 0 Å². The fourth-order valence-electron chi connectivity index (χ4n) is 3.07. The third-order valence-corrected chi connectivity index (χ3v) is 5.83. The van der Waals surface area contributed by atoms with Crippen LogP contribution in [-0.4, -0.2) is 28.8 Å². The fourth-order valence-corrected chi connectivity index (χ4v) is 3.52. The van der Waals surface area contributed by atoms with Gasteiger partial charge in [0, 0.05) is 17.1 Å². The predicted molar refractivity (Wildman–Crippen MR) is 122 cm³/mol. The fraction of sp³-hybridized carbons (Fsp3) is 0.417. The molecule has 4 nitrogen and oxygen atoms in total. The number of aryl methyl sites for hydroxylation is 2. The Bertz CT molecular complexity index is 866. The van der Waals surface area contributed by atoms with Crippen LogP contribution in [0, 0.1) is 13.8 Å². The molecule has 0 bridgehead atoms. The van der Waals surface area contributed by atoms with Gasteiger partial charge in [-0.05, 0) is 68.5 Å². The number of benzene rings is 2. The highest BCUT2D eigenvalue weighted by molar-refractivity contribution is 9.10. The molecule has 0 fully saturated rings. The van der Waals surface area contributed by atoms with Gasteiger partial charge in [0.1, 0.15) is 6.04 Å². The lowest BCUT2D eigenvalue weighted by molar-refractivity contribution is -0.140. The SMILES string of the molecule is CCC(C)NC(=O)C(C)N(Cc1cccc(Br)c1)C(=O)Cc1ccc(C)c(C)c1. The zero-order valence-electron chi connectivity index (χ0n) is 18.0. The normalized spacial score (nSPS) is 12.9. The molecule has 0 aromatic heterocycles. The van der Waals surface area contributed by atoms with Gasteiger partial charge in [-0.25, -0.2) is 0 Å². The molecule has 1 N–H and O–H groups in total. The van der Waals surface area contributed by atoms with Gasteiger partial charge in [0.05, 0.1) is 6.42 Å². The van der Waals surface area contributed by atoms with Crippen LogP contribution < -0.4 is 5.32 Å². The van der Waals surface area contributed by atoms with Crippen LogP contribution >= 0.6 is 15.9 Å². The van der Waals surface area contributed by atoms with E-state index in [1.54, 1.807) is 11.8 Å². The van der Waals surface area contributed by atoms with Gasteiger partial charge in [-0.15, -0.1) is 0 Å². The number of carbonyl (C=O) groups is 2. The number of nitrogens with zero attached hydrogens (tertiary/aromatic N) is 1. The topological polar surface area (TPSA) is 49.4 Å². The second-order valence-electron chi connectivity index (χ2n) is 7.74. The van der Waals surface area contributed by atoms with Gasteiger partial charge >= 0.3 is 0 Å². The van der Waals surface area contributed by atoms with E-state index in [1.165, 1.54) is 5.56 Å². The van der Waals surface area contributed by atoms with E-state index >= 15 is 0 Å². The van der Waals surface area contributed by atoms with Crippen molar-refractivity contribution < 1.29 is 9.59 Å². The molecule has 0 aliphatic carbocycles. The predicted octanol–water partition coefficient (Wildman–Crippen LogP) is 4.94. The molecule has 0 radical (unpaired) electrons. The van der Waals surface area contributed by atoms with Crippen molar-refractivity contribution in [3.8, 4) is 0 Å². The molecular weight excluding hydrogens is 428 g/mol. The summed E-state index contributed by atoms with van der Waals surface area (Å²) < 4.78 is 0.952. The van der Waals surface area contributed by atoms with E-state index in [0.717, 1.165) is 27.6 Å². The third-order valence-electron chi connectivity index (χ3n) is 5.34. The van der Waals surface area contributed by atoms with Crippen LogP contribution in [0.4, 0.5) is 0 Å². The summed E-state index contributed by atoms with van der Waals surface area (Å²) in [5, 5.41) is 3.00. The van der Waals surface area contributed by atoms with Crippen molar-refractivity contribution in [2.75, 3.05) is 0 Å². The molecule has 5 heteroatoms. The summed E-state index contributed by atoms with van der Waals surface area (Å²) in [5.41, 5.74) is 4.31. The van der Waals surface area contributed by atoms with Crippen molar-refractivity contribution in [3.63, 3.8) is 0 Å². The van der Waals surface area contributed by atoms with Gasteiger partial charge in [-0.1, -0.05) is 53.2 Å². The van der Waals surface area contributed by atoms with Crippen molar-refractivity contribution in [2.45, 2.75) is 66.1 Å². The third kappa shape index (κ3) is 6.70. The van der Waals surface area contributed by atoms with Crippen molar-refractivity contribution in [1.82, 2.24) is 10.2 Å². The van der Waals surface area contributed by atoms with Gasteiger partial charge < -0.3 is 10.2 Å². The highest BCUT2D eigenvalue weighted by Gasteiger charge is 2.27. The van der Waals surface area contributed by atoms with Crippen molar-refractivity contribution in [2.24, 2.45) is 0 Å². The van der Waals surface area contributed by atoms with Crippen LogP contribution in [0.3, 0.4) is 0 Å². The molecule has 156 valence electrons. The summed E-state index contributed by atoms with van der Waals surface area (Å²) in [5.74, 6) is -0.178. The van der Waals surface area contributed by atoms with E-state index in [-0.39, 0.29) is 24.3 Å². The van der Waals surface area contributed by atoms with Gasteiger partial charge in [0.2, 0.25) is 11.8 Å². The van der Waals surface area contributed by atoms with E-state index in [2.05, 4.69) is 34.2 Å². The number of hydrogen-bond acceptors (Lipinski definition) is 2. The summed E-state index contributed by atoms with van der Waals surface area (Å²) in [6, 6.07) is 13.4. The van der Waals surface area contributed by atoms with Crippen LogP contribution in [0.25, 0.3) is 0 Å². The molecule has 0 aliphatic heterocycles. The Labute approximate surface area is 182 Å². The number of halogens is 1. The zero-order valence-corrected chi connectivity index (χ0v) is 19.5. The molecule has 2 atom stereocenters. The summed E-state index contributed by atoms with van der Waals surface area (Å²) in [4.78, 5) is 27.7. The molecule has 2 unspecified atom stereocenters. The number of carbonyl (C=O) groups excluding carboxylic acids is 2. The Morgan fingerprint density at radius 3 is 2.38 bits per heavy atom. The van der Waals surface area contributed by atoms with Crippen LogP contribution in [0.2, 0.25) is 0 Å². The Balaban J connectivity index is 2.25. The Morgan fingerprint density at radius 1 is 1.03 bits per heavy atom. The lowest BCUT2D eigenvalue weighted by Crippen LogP contribution is -2.49. The lowest BCUT2D eigenvalue weighted by Gasteiger charge is -2.30. The number of hydrogen-bond donors (Lipinski definition) is 1.